The fourth-order valence-corrected chi connectivity index (χ4v) is 5.25. The maximum atomic E-state index is 6.17. The van der Waals surface area contributed by atoms with E-state index in [2.05, 4.69) is 40.8 Å². The number of nitrogen functional groups attached to an aromatic ring is 1. The third kappa shape index (κ3) is 4.25. The Bertz CT molecular complexity index is 1050. The second-order valence-electron chi connectivity index (χ2n) is 8.84. The minimum absolute atomic E-state index is 0.278. The van der Waals surface area contributed by atoms with Gasteiger partial charge in [-0.1, -0.05) is 18.9 Å². The number of aromatic nitrogens is 5. The summed E-state index contributed by atoms with van der Waals surface area (Å²) in [5.74, 6) is 2.53. The molecule has 31 heavy (non-hydrogen) atoms. The number of pyridine rings is 1. The van der Waals surface area contributed by atoms with Crippen LogP contribution in [0.25, 0.3) is 11.2 Å². The molecular weight excluding hydrogens is 456 g/mol. The first-order valence-electron chi connectivity index (χ1n) is 11.2. The van der Waals surface area contributed by atoms with E-state index in [4.69, 9.17) is 16.5 Å². The highest BCUT2D eigenvalue weighted by molar-refractivity contribution is 9.10. The number of nitrogens with zero attached hydrogens (tertiary/aromatic N) is 5. The van der Waals surface area contributed by atoms with Gasteiger partial charge in [0.1, 0.15) is 10.4 Å². The van der Waals surface area contributed by atoms with E-state index in [0.717, 1.165) is 52.8 Å². The molecule has 3 aromatic heterocycles. The average molecular weight is 485 g/mol. The Morgan fingerprint density at radius 3 is 2.52 bits per heavy atom. The molecule has 3 heterocycles. The van der Waals surface area contributed by atoms with Gasteiger partial charge in [0, 0.05) is 30.7 Å². The summed E-state index contributed by atoms with van der Waals surface area (Å²) in [6.07, 6.45) is 10.9. The molecule has 8 nitrogen and oxygen atoms in total. The highest BCUT2D eigenvalue weighted by Gasteiger charge is 2.31. The van der Waals surface area contributed by atoms with E-state index in [1.165, 1.54) is 25.7 Å². The summed E-state index contributed by atoms with van der Waals surface area (Å²) in [4.78, 5) is 18.6. The van der Waals surface area contributed by atoms with E-state index in [0.29, 0.717) is 30.4 Å². The molecule has 2 aliphatic carbocycles. The van der Waals surface area contributed by atoms with Crippen molar-refractivity contribution in [2.45, 2.75) is 75.9 Å². The summed E-state index contributed by atoms with van der Waals surface area (Å²) >= 11 is 3.38. The lowest BCUT2D eigenvalue weighted by atomic mass is 9.86. The number of imidazole rings is 1. The monoisotopic (exact) mass is 484 g/mol. The fourth-order valence-electron chi connectivity index (χ4n) is 5.02. The van der Waals surface area contributed by atoms with Crippen molar-refractivity contribution in [3.63, 3.8) is 0 Å². The first kappa shape index (κ1) is 20.6. The minimum Gasteiger partial charge on any atom is -0.368 e. The molecule has 0 bridgehead atoms. The molecule has 2 aliphatic rings. The summed E-state index contributed by atoms with van der Waals surface area (Å²) in [6, 6.07) is 4.71. The van der Waals surface area contributed by atoms with Crippen molar-refractivity contribution in [2.24, 2.45) is 5.73 Å². The Morgan fingerprint density at radius 2 is 1.81 bits per heavy atom. The quantitative estimate of drug-likeness (QED) is 0.462. The van der Waals surface area contributed by atoms with Crippen LogP contribution in [-0.2, 0) is 6.54 Å². The van der Waals surface area contributed by atoms with Gasteiger partial charge in [-0.2, -0.15) is 9.97 Å². The number of rotatable bonds is 5. The molecule has 5 rings (SSSR count). The number of anilines is 2. The molecule has 0 atom stereocenters. The van der Waals surface area contributed by atoms with Crippen molar-refractivity contribution in [1.29, 1.82) is 0 Å². The fraction of sp³-hybridized carbons (Fsp3) is 0.545. The predicted molar refractivity (Wildman–Crippen MR) is 126 cm³/mol. The zero-order valence-electron chi connectivity index (χ0n) is 17.6. The van der Waals surface area contributed by atoms with Crippen molar-refractivity contribution in [3.05, 3.63) is 34.3 Å². The molecule has 0 radical (unpaired) electrons. The van der Waals surface area contributed by atoms with Crippen molar-refractivity contribution in [1.82, 2.24) is 24.5 Å². The third-order valence-corrected chi connectivity index (χ3v) is 7.13. The van der Waals surface area contributed by atoms with Crippen molar-refractivity contribution >= 4 is 38.9 Å². The summed E-state index contributed by atoms with van der Waals surface area (Å²) in [7, 11) is 0. The zero-order valence-corrected chi connectivity index (χ0v) is 19.2. The summed E-state index contributed by atoms with van der Waals surface area (Å²) < 4.78 is 3.20. The molecule has 0 unspecified atom stereocenters. The standard InChI is InChI=1S/C22H29BrN8/c23-17-10-5-13(11-26-17)12-27-19-18-21(30-22(25)29-19)31(16-3-1-2-4-16)20(28-18)14-6-8-15(24)9-7-14/h5,10-11,14-16H,1-4,6-9,12,24H2,(H3,25,27,29,30). The van der Waals surface area contributed by atoms with Crippen LogP contribution in [0.4, 0.5) is 11.8 Å². The first-order chi connectivity index (χ1) is 15.1. The summed E-state index contributed by atoms with van der Waals surface area (Å²) in [5, 5.41) is 3.42. The molecule has 3 aromatic rings. The van der Waals surface area contributed by atoms with Gasteiger partial charge >= 0.3 is 0 Å². The van der Waals surface area contributed by atoms with Gasteiger partial charge in [-0.15, -0.1) is 0 Å². The van der Waals surface area contributed by atoms with Crippen LogP contribution in [-0.4, -0.2) is 30.5 Å². The first-order valence-corrected chi connectivity index (χ1v) is 12.0. The van der Waals surface area contributed by atoms with Crippen LogP contribution in [0.5, 0.6) is 0 Å². The summed E-state index contributed by atoms with van der Waals surface area (Å²) in [6.45, 7) is 0.593. The highest BCUT2D eigenvalue weighted by atomic mass is 79.9. The Balaban J connectivity index is 1.54. The predicted octanol–water partition coefficient (Wildman–Crippen LogP) is 4.28. The number of nitrogens with one attached hydrogen (secondary N) is 1. The van der Waals surface area contributed by atoms with E-state index in [1.807, 2.05) is 18.3 Å². The van der Waals surface area contributed by atoms with Crippen LogP contribution in [0.3, 0.4) is 0 Å². The van der Waals surface area contributed by atoms with Gasteiger partial charge < -0.3 is 21.4 Å². The van der Waals surface area contributed by atoms with Gasteiger partial charge in [-0.3, -0.25) is 0 Å². The van der Waals surface area contributed by atoms with Gasteiger partial charge in [0.05, 0.1) is 0 Å². The lowest BCUT2D eigenvalue weighted by Crippen LogP contribution is -2.27. The van der Waals surface area contributed by atoms with Gasteiger partial charge in [-0.05, 0) is 66.1 Å². The van der Waals surface area contributed by atoms with Crippen molar-refractivity contribution in [2.75, 3.05) is 11.1 Å². The van der Waals surface area contributed by atoms with Crippen LogP contribution < -0.4 is 16.8 Å². The van der Waals surface area contributed by atoms with E-state index >= 15 is 0 Å². The van der Waals surface area contributed by atoms with E-state index in [-0.39, 0.29) is 5.95 Å². The Kier molecular flexibility index (Phi) is 5.79. The van der Waals surface area contributed by atoms with Crippen molar-refractivity contribution in [3.8, 4) is 0 Å². The van der Waals surface area contributed by atoms with E-state index in [1.54, 1.807) is 0 Å². The smallest absolute Gasteiger partial charge is 0.224 e. The van der Waals surface area contributed by atoms with E-state index < -0.39 is 0 Å². The summed E-state index contributed by atoms with van der Waals surface area (Å²) in [5.41, 5.74) is 15.1. The molecule has 0 saturated heterocycles. The van der Waals surface area contributed by atoms with Crippen LogP contribution in [0.1, 0.15) is 74.7 Å². The SMILES string of the molecule is Nc1nc(NCc2ccc(Br)nc2)c2nc(C3CCC(N)CC3)n(C3CCCC3)c2n1. The highest BCUT2D eigenvalue weighted by Crippen LogP contribution is 2.40. The largest absolute Gasteiger partial charge is 0.368 e. The molecule has 164 valence electrons. The lowest BCUT2D eigenvalue weighted by molar-refractivity contribution is 0.367. The van der Waals surface area contributed by atoms with Gasteiger partial charge in [-0.25, -0.2) is 9.97 Å². The van der Waals surface area contributed by atoms with Crippen LogP contribution >= 0.6 is 15.9 Å². The maximum absolute atomic E-state index is 6.17. The molecule has 2 fully saturated rings. The molecule has 0 aromatic carbocycles. The van der Waals surface area contributed by atoms with Crippen LogP contribution in [0, 0.1) is 0 Å². The maximum Gasteiger partial charge on any atom is 0.224 e. The number of hydrogen-bond donors (Lipinski definition) is 3. The Morgan fingerprint density at radius 1 is 1.03 bits per heavy atom. The number of fused-ring (bicyclic) bond motifs is 1. The minimum atomic E-state index is 0.278. The van der Waals surface area contributed by atoms with E-state index in [9.17, 15) is 0 Å². The van der Waals surface area contributed by atoms with Gasteiger partial charge in [0.15, 0.2) is 17.0 Å². The van der Waals surface area contributed by atoms with Crippen LogP contribution in [0.2, 0.25) is 0 Å². The molecule has 5 N–H and O–H groups in total. The molecular formula is C22H29BrN8. The normalized spacial score (nSPS) is 22.3. The Hall–Kier alpha value is -2.26. The second kappa shape index (κ2) is 8.70. The molecule has 9 heteroatoms. The lowest BCUT2D eigenvalue weighted by Gasteiger charge is -2.27. The van der Waals surface area contributed by atoms with Gasteiger partial charge in [0.2, 0.25) is 5.95 Å². The number of nitrogens with two attached hydrogens (primary N) is 2. The number of hydrogen-bond acceptors (Lipinski definition) is 7. The molecule has 0 aliphatic heterocycles. The average Bonchev–Trinajstić information content (AvgIpc) is 3.41. The van der Waals surface area contributed by atoms with Crippen molar-refractivity contribution < 1.29 is 0 Å². The second-order valence-corrected chi connectivity index (χ2v) is 9.65. The third-order valence-electron chi connectivity index (χ3n) is 6.66. The van der Waals surface area contributed by atoms with Gasteiger partial charge in [0.25, 0.3) is 0 Å². The zero-order chi connectivity index (χ0) is 21.4. The Labute approximate surface area is 190 Å². The van der Waals surface area contributed by atoms with Crippen LogP contribution in [0.15, 0.2) is 22.9 Å². The number of halogens is 1. The topological polar surface area (TPSA) is 121 Å². The molecule has 0 spiro atoms. The molecule has 0 amide bonds. The molecule has 2 saturated carbocycles.